The van der Waals surface area contributed by atoms with E-state index in [1.807, 2.05) is 67.8 Å². The highest BCUT2D eigenvalue weighted by Crippen LogP contribution is 2.33. The molecule has 0 fully saturated rings. The quantitative estimate of drug-likeness (QED) is 0.667. The highest BCUT2D eigenvalue weighted by atomic mass is 16.5. The molecule has 3 rings (SSSR count). The van der Waals surface area contributed by atoms with Crippen LogP contribution in [0.2, 0.25) is 0 Å². The van der Waals surface area contributed by atoms with Crippen LogP contribution in [0.5, 0.6) is 11.5 Å². The molecule has 0 aliphatic rings. The summed E-state index contributed by atoms with van der Waals surface area (Å²) in [5.41, 5.74) is 2.24. The maximum absolute atomic E-state index is 5.96. The Morgan fingerprint density at radius 3 is 2.11 bits per heavy atom. The summed E-state index contributed by atoms with van der Waals surface area (Å²) in [5, 5.41) is 0. The summed E-state index contributed by atoms with van der Waals surface area (Å²) < 4.78 is 8.04. The van der Waals surface area contributed by atoms with E-state index in [1.165, 1.54) is 0 Å². The van der Waals surface area contributed by atoms with Crippen molar-refractivity contribution < 1.29 is 4.74 Å². The summed E-state index contributed by atoms with van der Waals surface area (Å²) in [6.45, 7) is 0. The first-order valence-electron chi connectivity index (χ1n) is 6.28. The molecule has 0 spiro atoms. The fraction of sp³-hybridized carbons (Fsp3) is 0.0588. The second-order valence-corrected chi connectivity index (χ2v) is 4.42. The lowest BCUT2D eigenvalue weighted by molar-refractivity contribution is 0.484. The third-order valence-corrected chi connectivity index (χ3v) is 3.05. The molecule has 0 N–H and O–H groups in total. The van der Waals surface area contributed by atoms with Crippen molar-refractivity contribution in [2.75, 3.05) is 0 Å². The fourth-order valence-corrected chi connectivity index (χ4v) is 2.15. The normalized spacial score (nSPS) is 10.4. The zero-order valence-electron chi connectivity index (χ0n) is 10.8. The minimum absolute atomic E-state index is 0.853. The first kappa shape index (κ1) is 11.6. The summed E-state index contributed by atoms with van der Waals surface area (Å²) in [5.74, 6) is 1.73. The minimum atomic E-state index is 0.853. The van der Waals surface area contributed by atoms with Gasteiger partial charge >= 0.3 is 0 Å². The van der Waals surface area contributed by atoms with E-state index in [0.29, 0.717) is 0 Å². The van der Waals surface area contributed by atoms with E-state index in [-0.39, 0.29) is 0 Å². The highest BCUT2D eigenvalue weighted by molar-refractivity contribution is 5.68. The number of aryl methyl sites for hydroxylation is 1. The molecule has 94 valence electrons. The van der Waals surface area contributed by atoms with Crippen LogP contribution in [0.3, 0.4) is 0 Å². The maximum atomic E-state index is 5.96. The number of hydrogen-bond donors (Lipinski definition) is 0. The zero-order valence-corrected chi connectivity index (χ0v) is 10.8. The monoisotopic (exact) mass is 249 g/mol. The van der Waals surface area contributed by atoms with E-state index in [2.05, 4.69) is 16.7 Å². The molecule has 0 bridgehead atoms. The Morgan fingerprint density at radius 1 is 0.789 bits per heavy atom. The first-order chi connectivity index (χ1) is 9.34. The largest absolute Gasteiger partial charge is 0.455 e. The van der Waals surface area contributed by atoms with Gasteiger partial charge in [-0.2, -0.15) is 0 Å². The highest BCUT2D eigenvalue weighted by Gasteiger charge is 2.11. The van der Waals surface area contributed by atoms with Gasteiger partial charge in [-0.15, -0.1) is 0 Å². The molecule has 0 saturated carbocycles. The molecule has 0 saturated heterocycles. The van der Waals surface area contributed by atoms with Crippen molar-refractivity contribution in [3.63, 3.8) is 0 Å². The molecule has 3 aromatic rings. The number of aromatic nitrogens is 1. The third kappa shape index (κ3) is 2.38. The van der Waals surface area contributed by atoms with E-state index < -0.39 is 0 Å². The second kappa shape index (κ2) is 5.02. The fourth-order valence-electron chi connectivity index (χ4n) is 2.15. The molecule has 0 amide bonds. The van der Waals surface area contributed by atoms with Crippen LogP contribution in [-0.4, -0.2) is 4.57 Å². The van der Waals surface area contributed by atoms with Gasteiger partial charge in [0.1, 0.15) is 5.75 Å². The molecule has 2 heteroatoms. The number of hydrogen-bond acceptors (Lipinski definition) is 1. The second-order valence-electron chi connectivity index (χ2n) is 4.42. The Labute approximate surface area is 112 Å². The Hall–Kier alpha value is -2.48. The molecule has 2 nitrogen and oxygen atoms in total. The van der Waals surface area contributed by atoms with Crippen LogP contribution in [0.25, 0.3) is 11.3 Å². The smallest absolute Gasteiger partial charge is 0.153 e. The van der Waals surface area contributed by atoms with Gasteiger partial charge < -0.3 is 9.30 Å². The molecular formula is C17H15NO. The van der Waals surface area contributed by atoms with Crippen LogP contribution in [0.1, 0.15) is 0 Å². The average molecular weight is 249 g/mol. The van der Waals surface area contributed by atoms with E-state index in [0.717, 1.165) is 22.8 Å². The summed E-state index contributed by atoms with van der Waals surface area (Å²) in [7, 11) is 2.03. The minimum Gasteiger partial charge on any atom is -0.455 e. The number of ether oxygens (including phenoxy) is 1. The third-order valence-electron chi connectivity index (χ3n) is 3.05. The van der Waals surface area contributed by atoms with Crippen molar-refractivity contribution in [3.8, 4) is 22.8 Å². The van der Waals surface area contributed by atoms with Crippen molar-refractivity contribution in [1.82, 2.24) is 4.57 Å². The molecule has 0 aliphatic heterocycles. The van der Waals surface area contributed by atoms with E-state index in [9.17, 15) is 0 Å². The molecule has 1 aromatic heterocycles. The lowest BCUT2D eigenvalue weighted by Crippen LogP contribution is -1.92. The lowest BCUT2D eigenvalue weighted by Gasteiger charge is -2.09. The SMILES string of the molecule is Cn1ccc(Oc2ccccc2)c1-c1ccccc1. The number of para-hydroxylation sites is 1. The van der Waals surface area contributed by atoms with Gasteiger partial charge in [0.05, 0.1) is 5.69 Å². The Morgan fingerprint density at radius 2 is 1.42 bits per heavy atom. The Kier molecular flexibility index (Phi) is 3.07. The standard InChI is InChI=1S/C17H15NO/c1-18-13-12-16(19-15-10-6-3-7-11-15)17(18)14-8-4-2-5-9-14/h2-13H,1H3. The lowest BCUT2D eigenvalue weighted by atomic mass is 10.1. The summed E-state index contributed by atoms with van der Waals surface area (Å²) in [6.07, 6.45) is 2.01. The van der Waals surface area contributed by atoms with Crippen LogP contribution in [0.4, 0.5) is 0 Å². The zero-order chi connectivity index (χ0) is 13.1. The van der Waals surface area contributed by atoms with Crippen LogP contribution < -0.4 is 4.74 Å². The first-order valence-corrected chi connectivity index (χ1v) is 6.28. The molecule has 0 unspecified atom stereocenters. The van der Waals surface area contributed by atoms with Crippen LogP contribution in [-0.2, 0) is 7.05 Å². The van der Waals surface area contributed by atoms with Gasteiger partial charge in [-0.05, 0) is 18.2 Å². The van der Waals surface area contributed by atoms with Crippen LogP contribution in [0, 0.1) is 0 Å². The van der Waals surface area contributed by atoms with Crippen molar-refractivity contribution in [2.45, 2.75) is 0 Å². The van der Waals surface area contributed by atoms with Crippen LogP contribution in [0.15, 0.2) is 72.9 Å². The van der Waals surface area contributed by atoms with Crippen molar-refractivity contribution >= 4 is 0 Å². The summed E-state index contributed by atoms with van der Waals surface area (Å²) in [4.78, 5) is 0. The summed E-state index contributed by atoms with van der Waals surface area (Å²) in [6, 6.07) is 22.1. The Bertz CT molecular complexity index is 656. The van der Waals surface area contributed by atoms with E-state index >= 15 is 0 Å². The molecule has 2 aromatic carbocycles. The van der Waals surface area contributed by atoms with Gasteiger partial charge in [0.2, 0.25) is 0 Å². The summed E-state index contributed by atoms with van der Waals surface area (Å²) >= 11 is 0. The van der Waals surface area contributed by atoms with Gasteiger partial charge in [-0.1, -0.05) is 48.5 Å². The number of benzene rings is 2. The molecule has 1 heterocycles. The number of rotatable bonds is 3. The predicted molar refractivity (Wildman–Crippen MR) is 77.4 cm³/mol. The Balaban J connectivity index is 2.00. The van der Waals surface area contributed by atoms with Gasteiger partial charge in [0, 0.05) is 18.8 Å². The van der Waals surface area contributed by atoms with Crippen molar-refractivity contribution in [1.29, 1.82) is 0 Å². The molecular weight excluding hydrogens is 234 g/mol. The van der Waals surface area contributed by atoms with Gasteiger partial charge in [-0.25, -0.2) is 0 Å². The molecule has 0 radical (unpaired) electrons. The van der Waals surface area contributed by atoms with Crippen molar-refractivity contribution in [3.05, 3.63) is 72.9 Å². The van der Waals surface area contributed by atoms with E-state index in [1.54, 1.807) is 0 Å². The number of nitrogens with zero attached hydrogens (tertiary/aromatic N) is 1. The average Bonchev–Trinajstić information content (AvgIpc) is 2.82. The van der Waals surface area contributed by atoms with E-state index in [4.69, 9.17) is 4.74 Å². The van der Waals surface area contributed by atoms with Crippen molar-refractivity contribution in [2.24, 2.45) is 7.05 Å². The molecule has 0 atom stereocenters. The molecule has 19 heavy (non-hydrogen) atoms. The van der Waals surface area contributed by atoms with Gasteiger partial charge in [0.15, 0.2) is 5.75 Å². The maximum Gasteiger partial charge on any atom is 0.153 e. The van der Waals surface area contributed by atoms with Gasteiger partial charge in [0.25, 0.3) is 0 Å². The van der Waals surface area contributed by atoms with Gasteiger partial charge in [-0.3, -0.25) is 0 Å². The van der Waals surface area contributed by atoms with Crippen LogP contribution >= 0.6 is 0 Å². The predicted octanol–water partition coefficient (Wildman–Crippen LogP) is 4.48. The topological polar surface area (TPSA) is 14.2 Å². The molecule has 0 aliphatic carbocycles.